The maximum Gasteiger partial charge on any atom is 0.338 e. The molecule has 0 amide bonds. The van der Waals surface area contributed by atoms with Crippen molar-refractivity contribution < 1.29 is 19.1 Å². The van der Waals surface area contributed by atoms with Gasteiger partial charge in [0.25, 0.3) is 0 Å². The van der Waals surface area contributed by atoms with E-state index in [1.165, 1.54) is 38.5 Å². The summed E-state index contributed by atoms with van der Waals surface area (Å²) < 4.78 is 10.5. The third-order valence-corrected chi connectivity index (χ3v) is 5.22. The van der Waals surface area contributed by atoms with Crippen LogP contribution in [0, 0.1) is 5.92 Å². The second kappa shape index (κ2) is 11.5. The Balaban J connectivity index is 0.000000209. The number of carbonyl (C=O) groups is 2. The van der Waals surface area contributed by atoms with Gasteiger partial charge in [0.05, 0.1) is 0 Å². The van der Waals surface area contributed by atoms with Gasteiger partial charge in [-0.3, -0.25) is 0 Å². The fourth-order valence-corrected chi connectivity index (χ4v) is 3.67. The molecule has 2 fully saturated rings. The van der Waals surface area contributed by atoms with Gasteiger partial charge in [-0.2, -0.15) is 0 Å². The van der Waals surface area contributed by atoms with Crippen molar-refractivity contribution in [3.05, 3.63) is 54.1 Å². The van der Waals surface area contributed by atoms with Crippen molar-refractivity contribution in [2.24, 2.45) is 5.92 Å². The number of esters is 2. The highest BCUT2D eigenvalue weighted by Gasteiger charge is 2.27. The molecule has 4 nitrogen and oxygen atoms in total. The Morgan fingerprint density at radius 3 is 2.07 bits per heavy atom. The van der Waals surface area contributed by atoms with Gasteiger partial charge in [0.2, 0.25) is 0 Å². The first-order valence-electron chi connectivity index (χ1n) is 10.3. The van der Waals surface area contributed by atoms with Crippen molar-refractivity contribution in [2.75, 3.05) is 0 Å². The summed E-state index contributed by atoms with van der Waals surface area (Å²) in [5.74, 6) is 0.590. The van der Waals surface area contributed by atoms with Gasteiger partial charge in [-0.1, -0.05) is 43.7 Å². The summed E-state index contributed by atoms with van der Waals surface area (Å²) >= 11 is 0. The number of para-hydroxylation sites is 1. The van der Waals surface area contributed by atoms with E-state index < -0.39 is 0 Å². The molecule has 0 radical (unpaired) electrons. The molecular formula is C24H32O4. The molecule has 0 unspecified atom stereocenters. The number of hydrogen-bond donors (Lipinski definition) is 0. The molecule has 152 valence electrons. The molecule has 2 saturated carbocycles. The lowest BCUT2D eigenvalue weighted by atomic mass is 9.97. The lowest BCUT2D eigenvalue weighted by Gasteiger charge is -2.16. The van der Waals surface area contributed by atoms with Crippen molar-refractivity contribution >= 4 is 11.9 Å². The molecule has 0 bridgehead atoms. The summed E-state index contributed by atoms with van der Waals surface area (Å²) in [6.45, 7) is 7.05. The minimum Gasteiger partial charge on any atom is -0.459 e. The molecule has 0 saturated heterocycles. The van der Waals surface area contributed by atoms with Crippen molar-refractivity contribution in [1.29, 1.82) is 0 Å². The summed E-state index contributed by atoms with van der Waals surface area (Å²) in [5.41, 5.74) is 1.34. The van der Waals surface area contributed by atoms with E-state index in [2.05, 4.69) is 6.58 Å². The zero-order valence-corrected chi connectivity index (χ0v) is 17.1. The number of allylic oxidation sites excluding steroid dienone is 1. The Bertz CT molecular complexity index is 678. The molecule has 3 rings (SSSR count). The van der Waals surface area contributed by atoms with Crippen LogP contribution in [-0.2, 0) is 14.3 Å². The highest BCUT2D eigenvalue weighted by molar-refractivity contribution is 5.89. The molecule has 0 heterocycles. The van der Waals surface area contributed by atoms with Crippen LogP contribution in [0.2, 0.25) is 0 Å². The fourth-order valence-electron chi connectivity index (χ4n) is 3.67. The maximum atomic E-state index is 12.0. The average molecular weight is 385 g/mol. The summed E-state index contributed by atoms with van der Waals surface area (Å²) in [7, 11) is 0. The Morgan fingerprint density at radius 2 is 1.54 bits per heavy atom. The largest absolute Gasteiger partial charge is 0.459 e. The lowest BCUT2D eigenvalue weighted by Crippen LogP contribution is -2.19. The third-order valence-electron chi connectivity index (χ3n) is 5.22. The molecule has 0 aromatic heterocycles. The summed E-state index contributed by atoms with van der Waals surface area (Å²) in [6.07, 6.45) is 11.6. The molecule has 2 aliphatic rings. The predicted molar refractivity (Wildman–Crippen MR) is 111 cm³/mol. The van der Waals surface area contributed by atoms with Crippen molar-refractivity contribution in [3.63, 3.8) is 0 Å². The Kier molecular flexibility index (Phi) is 8.99. The average Bonchev–Trinajstić information content (AvgIpc) is 3.38. The van der Waals surface area contributed by atoms with Crippen LogP contribution in [0.5, 0.6) is 5.75 Å². The SMILES string of the molecule is C=C(C)C(=O)Oc1ccccc1.CC=C(C(=O)OC1CCCC1)C1CCCC1. The monoisotopic (exact) mass is 384 g/mol. The van der Waals surface area contributed by atoms with Crippen LogP contribution in [0.15, 0.2) is 54.1 Å². The summed E-state index contributed by atoms with van der Waals surface area (Å²) in [6, 6.07) is 8.92. The zero-order valence-electron chi connectivity index (χ0n) is 17.1. The Morgan fingerprint density at radius 1 is 0.964 bits per heavy atom. The van der Waals surface area contributed by atoms with Gasteiger partial charge < -0.3 is 9.47 Å². The van der Waals surface area contributed by atoms with Crippen LogP contribution in [0.1, 0.15) is 65.2 Å². The summed E-state index contributed by atoms with van der Waals surface area (Å²) in [5, 5.41) is 0. The minimum atomic E-state index is -0.388. The molecule has 1 aromatic rings. The number of carbonyl (C=O) groups excluding carboxylic acids is 2. The van der Waals surface area contributed by atoms with E-state index in [1.807, 2.05) is 19.1 Å². The molecule has 4 heteroatoms. The van der Waals surface area contributed by atoms with Gasteiger partial charge in [0.15, 0.2) is 0 Å². The van der Waals surface area contributed by atoms with E-state index in [4.69, 9.17) is 9.47 Å². The molecule has 0 spiro atoms. The molecular weight excluding hydrogens is 352 g/mol. The van der Waals surface area contributed by atoms with Crippen LogP contribution < -0.4 is 4.74 Å². The number of rotatable bonds is 5. The van der Waals surface area contributed by atoms with Crippen LogP contribution in [0.4, 0.5) is 0 Å². The fraction of sp³-hybridized carbons (Fsp3) is 0.500. The first kappa shape index (κ1) is 21.9. The molecule has 0 N–H and O–H groups in total. The molecule has 2 aliphatic carbocycles. The Labute approximate surface area is 168 Å². The van der Waals surface area contributed by atoms with Gasteiger partial charge in [-0.15, -0.1) is 0 Å². The van der Waals surface area contributed by atoms with E-state index in [0.717, 1.165) is 18.4 Å². The third kappa shape index (κ3) is 6.99. The molecule has 1 aromatic carbocycles. The molecule has 0 aliphatic heterocycles. The smallest absolute Gasteiger partial charge is 0.338 e. The zero-order chi connectivity index (χ0) is 20.4. The quantitative estimate of drug-likeness (QED) is 0.367. The van der Waals surface area contributed by atoms with Crippen molar-refractivity contribution in [1.82, 2.24) is 0 Å². The highest BCUT2D eigenvalue weighted by atomic mass is 16.5. The second-order valence-corrected chi connectivity index (χ2v) is 7.52. The minimum absolute atomic E-state index is 0.0405. The van der Waals surface area contributed by atoms with Gasteiger partial charge in [0.1, 0.15) is 11.9 Å². The maximum absolute atomic E-state index is 12.0. The lowest BCUT2D eigenvalue weighted by molar-refractivity contribution is -0.144. The van der Waals surface area contributed by atoms with Crippen LogP contribution in [0.3, 0.4) is 0 Å². The van der Waals surface area contributed by atoms with Crippen molar-refractivity contribution in [2.45, 2.75) is 71.3 Å². The molecule has 0 atom stereocenters. The van der Waals surface area contributed by atoms with E-state index in [1.54, 1.807) is 31.2 Å². The molecule has 28 heavy (non-hydrogen) atoms. The van der Waals surface area contributed by atoms with E-state index in [9.17, 15) is 9.59 Å². The van der Waals surface area contributed by atoms with Gasteiger partial charge in [-0.25, -0.2) is 9.59 Å². The number of hydrogen-bond acceptors (Lipinski definition) is 4. The van der Waals surface area contributed by atoms with E-state index in [-0.39, 0.29) is 18.0 Å². The Hall–Kier alpha value is -2.36. The van der Waals surface area contributed by atoms with Gasteiger partial charge in [-0.05, 0) is 70.4 Å². The first-order chi connectivity index (χ1) is 13.5. The van der Waals surface area contributed by atoms with E-state index in [0.29, 0.717) is 17.2 Å². The van der Waals surface area contributed by atoms with E-state index >= 15 is 0 Å². The topological polar surface area (TPSA) is 52.6 Å². The van der Waals surface area contributed by atoms with Crippen molar-refractivity contribution in [3.8, 4) is 5.75 Å². The van der Waals surface area contributed by atoms with Gasteiger partial charge >= 0.3 is 11.9 Å². The van der Waals surface area contributed by atoms with Gasteiger partial charge in [0, 0.05) is 11.1 Å². The highest BCUT2D eigenvalue weighted by Crippen LogP contribution is 2.32. The van der Waals surface area contributed by atoms with Crippen LogP contribution >= 0.6 is 0 Å². The predicted octanol–water partition coefficient (Wildman–Crippen LogP) is 5.78. The summed E-state index contributed by atoms with van der Waals surface area (Å²) in [4.78, 5) is 23.0. The van der Waals surface area contributed by atoms with Crippen LogP contribution in [-0.4, -0.2) is 18.0 Å². The van der Waals surface area contributed by atoms with Crippen LogP contribution in [0.25, 0.3) is 0 Å². The number of benzene rings is 1. The number of ether oxygens (including phenoxy) is 2. The second-order valence-electron chi connectivity index (χ2n) is 7.52. The normalized spacial score (nSPS) is 17.6. The first-order valence-corrected chi connectivity index (χ1v) is 10.3. The standard InChI is InChI=1S/C14H22O2.C10H10O2/c1-2-13(11-7-3-4-8-11)14(15)16-12-9-5-6-10-12;1-8(2)10(11)12-9-6-4-3-5-7-9/h2,11-12H,3-10H2,1H3;3-7H,1H2,2H3.